The SMILES string of the molecule is Cc1ccc(CN2C=CN(C)C2)cc1. The Morgan fingerprint density at radius 3 is 2.43 bits per heavy atom. The van der Waals surface area contributed by atoms with Crippen molar-refractivity contribution in [2.45, 2.75) is 13.5 Å². The second kappa shape index (κ2) is 3.74. The summed E-state index contributed by atoms with van der Waals surface area (Å²) in [4.78, 5) is 4.47. The lowest BCUT2D eigenvalue weighted by Crippen LogP contribution is -2.21. The standard InChI is InChI=1S/C12H16N2/c1-11-3-5-12(6-4-11)9-14-8-7-13(2)10-14/h3-8H,9-10H2,1-2H3. The number of aryl methyl sites for hydroxylation is 1. The highest BCUT2D eigenvalue weighted by Crippen LogP contribution is 2.11. The summed E-state index contributed by atoms with van der Waals surface area (Å²) in [6.45, 7) is 4.11. The normalized spacial score (nSPS) is 15.3. The van der Waals surface area contributed by atoms with Crippen molar-refractivity contribution in [1.82, 2.24) is 9.80 Å². The number of rotatable bonds is 2. The van der Waals surface area contributed by atoms with Gasteiger partial charge in [0.25, 0.3) is 0 Å². The van der Waals surface area contributed by atoms with Gasteiger partial charge in [-0.3, -0.25) is 0 Å². The van der Waals surface area contributed by atoms with Crippen LogP contribution in [0.1, 0.15) is 11.1 Å². The van der Waals surface area contributed by atoms with Crippen LogP contribution in [0.4, 0.5) is 0 Å². The van der Waals surface area contributed by atoms with Gasteiger partial charge in [-0.05, 0) is 12.5 Å². The van der Waals surface area contributed by atoms with Crippen LogP contribution in [0.15, 0.2) is 36.7 Å². The Kier molecular flexibility index (Phi) is 2.44. The zero-order valence-electron chi connectivity index (χ0n) is 8.77. The highest BCUT2D eigenvalue weighted by atomic mass is 15.3. The molecule has 0 fully saturated rings. The van der Waals surface area contributed by atoms with Gasteiger partial charge >= 0.3 is 0 Å². The van der Waals surface area contributed by atoms with Gasteiger partial charge in [0.05, 0.1) is 6.67 Å². The molecule has 0 amide bonds. The largest absolute Gasteiger partial charge is 0.362 e. The van der Waals surface area contributed by atoms with Crippen molar-refractivity contribution in [3.8, 4) is 0 Å². The van der Waals surface area contributed by atoms with Crippen LogP contribution in [0.25, 0.3) is 0 Å². The molecular formula is C12H16N2. The zero-order valence-corrected chi connectivity index (χ0v) is 8.77. The third-order valence-corrected chi connectivity index (χ3v) is 2.44. The number of hydrogen-bond acceptors (Lipinski definition) is 2. The molecule has 0 unspecified atom stereocenters. The second-order valence-corrected chi connectivity index (χ2v) is 3.93. The average Bonchev–Trinajstić information content (AvgIpc) is 2.56. The van der Waals surface area contributed by atoms with E-state index in [0.717, 1.165) is 13.2 Å². The third-order valence-electron chi connectivity index (χ3n) is 2.44. The molecule has 1 aliphatic heterocycles. The van der Waals surface area contributed by atoms with E-state index in [4.69, 9.17) is 0 Å². The van der Waals surface area contributed by atoms with Crippen LogP contribution in [-0.2, 0) is 6.54 Å². The maximum absolute atomic E-state index is 2.30. The molecule has 14 heavy (non-hydrogen) atoms. The van der Waals surface area contributed by atoms with Crippen LogP contribution in [0.5, 0.6) is 0 Å². The van der Waals surface area contributed by atoms with E-state index in [1.54, 1.807) is 0 Å². The molecule has 2 nitrogen and oxygen atoms in total. The van der Waals surface area contributed by atoms with E-state index < -0.39 is 0 Å². The molecule has 1 aromatic rings. The minimum absolute atomic E-state index is 0.994. The van der Waals surface area contributed by atoms with E-state index in [0.29, 0.717) is 0 Å². The van der Waals surface area contributed by atoms with E-state index in [2.05, 4.69) is 60.4 Å². The van der Waals surface area contributed by atoms with Crippen LogP contribution in [0.2, 0.25) is 0 Å². The zero-order chi connectivity index (χ0) is 9.97. The summed E-state index contributed by atoms with van der Waals surface area (Å²) < 4.78 is 0. The van der Waals surface area contributed by atoms with Gasteiger partial charge in [-0.1, -0.05) is 29.8 Å². The summed E-state index contributed by atoms with van der Waals surface area (Å²) in [6, 6.07) is 8.72. The third kappa shape index (κ3) is 2.08. The van der Waals surface area contributed by atoms with E-state index in [-0.39, 0.29) is 0 Å². The van der Waals surface area contributed by atoms with Gasteiger partial charge < -0.3 is 9.80 Å². The fourth-order valence-corrected chi connectivity index (χ4v) is 1.62. The number of benzene rings is 1. The first kappa shape index (κ1) is 9.13. The summed E-state index contributed by atoms with van der Waals surface area (Å²) in [5.41, 5.74) is 2.69. The lowest BCUT2D eigenvalue weighted by atomic mass is 10.1. The van der Waals surface area contributed by atoms with Crippen molar-refractivity contribution in [3.05, 3.63) is 47.8 Å². The van der Waals surface area contributed by atoms with Crippen molar-refractivity contribution in [1.29, 1.82) is 0 Å². The molecule has 1 heterocycles. The summed E-state index contributed by atoms with van der Waals surface area (Å²) in [5.74, 6) is 0. The lowest BCUT2D eigenvalue weighted by molar-refractivity contribution is 0.291. The molecule has 0 saturated heterocycles. The Labute approximate surface area is 85.4 Å². The smallest absolute Gasteiger partial charge is 0.0894 e. The predicted octanol–water partition coefficient (Wildman–Crippen LogP) is 2.17. The molecule has 2 heteroatoms. The summed E-state index contributed by atoms with van der Waals surface area (Å²) >= 11 is 0. The van der Waals surface area contributed by atoms with Gasteiger partial charge in [0.2, 0.25) is 0 Å². The van der Waals surface area contributed by atoms with Gasteiger partial charge in [0.15, 0.2) is 0 Å². The summed E-state index contributed by atoms with van der Waals surface area (Å²) in [7, 11) is 2.09. The van der Waals surface area contributed by atoms with Gasteiger partial charge in [-0.15, -0.1) is 0 Å². The minimum atomic E-state index is 0.994. The second-order valence-electron chi connectivity index (χ2n) is 3.93. The van der Waals surface area contributed by atoms with Crippen LogP contribution in [0, 0.1) is 6.92 Å². The fourth-order valence-electron chi connectivity index (χ4n) is 1.62. The predicted molar refractivity (Wildman–Crippen MR) is 58.5 cm³/mol. The molecule has 0 bridgehead atoms. The molecule has 0 aliphatic carbocycles. The van der Waals surface area contributed by atoms with Crippen LogP contribution in [0.3, 0.4) is 0 Å². The van der Waals surface area contributed by atoms with E-state index >= 15 is 0 Å². The first-order valence-electron chi connectivity index (χ1n) is 4.92. The molecular weight excluding hydrogens is 172 g/mol. The summed E-state index contributed by atoms with van der Waals surface area (Å²) in [5, 5.41) is 0. The Hall–Kier alpha value is -1.44. The summed E-state index contributed by atoms with van der Waals surface area (Å²) in [6.07, 6.45) is 4.24. The van der Waals surface area contributed by atoms with Gasteiger partial charge in [0, 0.05) is 26.0 Å². The van der Waals surface area contributed by atoms with Crippen molar-refractivity contribution < 1.29 is 0 Å². The average molecular weight is 188 g/mol. The molecule has 1 aromatic carbocycles. The van der Waals surface area contributed by atoms with Crippen molar-refractivity contribution in [2.24, 2.45) is 0 Å². The Morgan fingerprint density at radius 1 is 1.14 bits per heavy atom. The molecule has 74 valence electrons. The van der Waals surface area contributed by atoms with Crippen LogP contribution >= 0.6 is 0 Å². The highest BCUT2D eigenvalue weighted by molar-refractivity contribution is 5.21. The van der Waals surface area contributed by atoms with Crippen LogP contribution < -0.4 is 0 Å². The Balaban J connectivity index is 1.98. The number of nitrogens with zero attached hydrogens (tertiary/aromatic N) is 2. The molecule has 0 atom stereocenters. The van der Waals surface area contributed by atoms with Crippen molar-refractivity contribution in [3.63, 3.8) is 0 Å². The number of hydrogen-bond donors (Lipinski definition) is 0. The molecule has 2 rings (SSSR count). The molecule has 1 aliphatic rings. The Bertz CT molecular complexity index is 327. The topological polar surface area (TPSA) is 6.48 Å². The van der Waals surface area contributed by atoms with Crippen molar-refractivity contribution in [2.75, 3.05) is 13.7 Å². The van der Waals surface area contributed by atoms with Gasteiger partial charge in [0.1, 0.15) is 0 Å². The minimum Gasteiger partial charge on any atom is -0.362 e. The molecule has 0 aromatic heterocycles. The van der Waals surface area contributed by atoms with Crippen molar-refractivity contribution >= 4 is 0 Å². The molecule has 0 saturated carbocycles. The first-order valence-corrected chi connectivity index (χ1v) is 4.92. The maximum Gasteiger partial charge on any atom is 0.0894 e. The lowest BCUT2D eigenvalue weighted by Gasteiger charge is -2.18. The highest BCUT2D eigenvalue weighted by Gasteiger charge is 2.07. The van der Waals surface area contributed by atoms with Gasteiger partial charge in [-0.25, -0.2) is 0 Å². The molecule has 0 spiro atoms. The van der Waals surface area contributed by atoms with E-state index in [1.807, 2.05) is 0 Å². The first-order chi connectivity index (χ1) is 6.74. The molecule has 0 N–H and O–H groups in total. The van der Waals surface area contributed by atoms with Gasteiger partial charge in [-0.2, -0.15) is 0 Å². The monoisotopic (exact) mass is 188 g/mol. The molecule has 0 radical (unpaired) electrons. The quantitative estimate of drug-likeness (QED) is 0.702. The van der Waals surface area contributed by atoms with E-state index in [9.17, 15) is 0 Å². The Morgan fingerprint density at radius 2 is 1.86 bits per heavy atom. The fraction of sp³-hybridized carbons (Fsp3) is 0.333. The van der Waals surface area contributed by atoms with Crippen LogP contribution in [-0.4, -0.2) is 23.5 Å². The van der Waals surface area contributed by atoms with E-state index in [1.165, 1.54) is 11.1 Å². The maximum atomic E-state index is 2.30.